The van der Waals surface area contributed by atoms with Crippen LogP contribution in [-0.2, 0) is 22.6 Å². The second kappa shape index (κ2) is 9.39. The van der Waals surface area contributed by atoms with Crippen molar-refractivity contribution in [3.8, 4) is 16.2 Å². The number of halogens is 1. The van der Waals surface area contributed by atoms with Gasteiger partial charge in [-0.05, 0) is 55.5 Å². The molecule has 4 nitrogen and oxygen atoms in total. The quantitative estimate of drug-likeness (QED) is 0.401. The van der Waals surface area contributed by atoms with E-state index in [4.69, 9.17) is 4.74 Å². The zero-order valence-corrected chi connectivity index (χ0v) is 17.7. The molecule has 0 radical (unpaired) electrons. The van der Waals surface area contributed by atoms with Crippen LogP contribution in [0.3, 0.4) is 0 Å². The fourth-order valence-electron chi connectivity index (χ4n) is 3.46. The van der Waals surface area contributed by atoms with Gasteiger partial charge in [-0.15, -0.1) is 11.3 Å². The molecule has 2 aromatic carbocycles. The van der Waals surface area contributed by atoms with Crippen molar-refractivity contribution >= 4 is 17.3 Å². The van der Waals surface area contributed by atoms with Crippen molar-refractivity contribution in [3.63, 3.8) is 0 Å². The first kappa shape index (κ1) is 20.5. The topological polar surface area (TPSA) is 48.4 Å². The molecule has 0 N–H and O–H groups in total. The summed E-state index contributed by atoms with van der Waals surface area (Å²) in [6, 6.07) is 12.7. The van der Waals surface area contributed by atoms with E-state index in [1.54, 1.807) is 17.4 Å². The number of rotatable bonds is 9. The van der Waals surface area contributed by atoms with Gasteiger partial charge in [0, 0.05) is 23.5 Å². The summed E-state index contributed by atoms with van der Waals surface area (Å²) in [4.78, 5) is 16.9. The van der Waals surface area contributed by atoms with Crippen molar-refractivity contribution in [2.75, 3.05) is 7.11 Å². The number of carbonyl (C=O) groups is 1. The third kappa shape index (κ3) is 5.05. The van der Waals surface area contributed by atoms with Crippen molar-refractivity contribution in [2.45, 2.75) is 44.6 Å². The Morgan fingerprint density at radius 2 is 2.00 bits per heavy atom. The maximum atomic E-state index is 13.9. The maximum absolute atomic E-state index is 13.9. The number of ether oxygens (including phenoxy) is 2. The third-order valence-corrected chi connectivity index (χ3v) is 6.14. The molecule has 1 heterocycles. The molecule has 6 heteroatoms. The Labute approximate surface area is 179 Å². The third-order valence-electron chi connectivity index (χ3n) is 5.26. The van der Waals surface area contributed by atoms with Crippen LogP contribution in [-0.4, -0.2) is 18.1 Å². The van der Waals surface area contributed by atoms with Crippen LogP contribution in [0.2, 0.25) is 0 Å². The molecular weight excluding hydrogens is 401 g/mol. The zero-order valence-electron chi connectivity index (χ0n) is 16.9. The van der Waals surface area contributed by atoms with Crippen molar-refractivity contribution in [1.82, 2.24) is 4.98 Å². The number of aryl methyl sites for hydroxylation is 1. The minimum atomic E-state index is -0.268. The molecule has 30 heavy (non-hydrogen) atoms. The van der Waals surface area contributed by atoms with Gasteiger partial charge in [0.05, 0.1) is 23.2 Å². The largest absolute Gasteiger partial charge is 0.489 e. The minimum absolute atomic E-state index is 0.188. The Morgan fingerprint density at radius 1 is 1.20 bits per heavy atom. The van der Waals surface area contributed by atoms with Gasteiger partial charge < -0.3 is 9.47 Å². The first-order chi connectivity index (χ1) is 14.6. The van der Waals surface area contributed by atoms with Crippen LogP contribution in [0, 0.1) is 5.82 Å². The molecule has 0 amide bonds. The molecule has 1 aliphatic rings. The van der Waals surface area contributed by atoms with Gasteiger partial charge in [0.15, 0.2) is 0 Å². The van der Waals surface area contributed by atoms with E-state index < -0.39 is 0 Å². The summed E-state index contributed by atoms with van der Waals surface area (Å²) in [5.41, 5.74) is 5.96. The van der Waals surface area contributed by atoms with Crippen molar-refractivity contribution in [3.05, 3.63) is 70.6 Å². The lowest BCUT2D eigenvalue weighted by Crippen LogP contribution is -2.01. The van der Waals surface area contributed by atoms with Crippen LogP contribution < -0.4 is 4.74 Å². The van der Waals surface area contributed by atoms with Gasteiger partial charge in [0.1, 0.15) is 18.2 Å². The van der Waals surface area contributed by atoms with Crippen molar-refractivity contribution < 1.29 is 18.7 Å². The average molecular weight is 426 g/mol. The van der Waals surface area contributed by atoms with E-state index in [2.05, 4.69) is 9.72 Å². The number of hydrogen-bond acceptors (Lipinski definition) is 5. The molecule has 0 atom stereocenters. The molecule has 0 spiro atoms. The summed E-state index contributed by atoms with van der Waals surface area (Å²) in [6.07, 6.45) is 4.32. The van der Waals surface area contributed by atoms with Crippen LogP contribution in [0.4, 0.5) is 4.39 Å². The highest BCUT2D eigenvalue weighted by Gasteiger charge is 2.29. The molecular formula is C24H24FNO3S. The molecule has 1 saturated carbocycles. The summed E-state index contributed by atoms with van der Waals surface area (Å²) in [5, 5.41) is 0. The van der Waals surface area contributed by atoms with Gasteiger partial charge in [-0.1, -0.05) is 18.2 Å². The van der Waals surface area contributed by atoms with Crippen LogP contribution in [0.15, 0.2) is 48.0 Å². The maximum Gasteiger partial charge on any atom is 0.305 e. The Hall–Kier alpha value is -2.73. The molecule has 1 fully saturated rings. The summed E-state index contributed by atoms with van der Waals surface area (Å²) in [7, 11) is 1.40. The fraction of sp³-hybridized carbons (Fsp3) is 0.333. The van der Waals surface area contributed by atoms with E-state index in [9.17, 15) is 9.18 Å². The van der Waals surface area contributed by atoms with Gasteiger partial charge in [-0.2, -0.15) is 0 Å². The minimum Gasteiger partial charge on any atom is -0.489 e. The van der Waals surface area contributed by atoms with Crippen molar-refractivity contribution in [1.29, 1.82) is 0 Å². The van der Waals surface area contributed by atoms with Crippen LogP contribution in [0.1, 0.15) is 48.4 Å². The molecule has 0 unspecified atom stereocenters. The number of methoxy groups -OCH3 is 1. The zero-order chi connectivity index (χ0) is 20.9. The second-order valence-corrected chi connectivity index (χ2v) is 8.36. The number of carbonyl (C=O) groups excluding carboxylic acids is 1. The van der Waals surface area contributed by atoms with E-state index in [0.29, 0.717) is 12.3 Å². The molecule has 0 aliphatic heterocycles. The van der Waals surface area contributed by atoms with E-state index in [-0.39, 0.29) is 18.4 Å². The molecule has 3 aromatic rings. The SMILES string of the molecule is COC(=O)CCCc1ccc(OCc2cc(F)ccc2-c2scnc2C2CC2)cc1. The molecule has 4 rings (SSSR count). The summed E-state index contributed by atoms with van der Waals surface area (Å²) in [6.45, 7) is 0.288. The number of benzene rings is 2. The molecule has 1 aromatic heterocycles. The lowest BCUT2D eigenvalue weighted by atomic mass is 10.0. The monoisotopic (exact) mass is 425 g/mol. The normalized spacial score (nSPS) is 13.3. The fourth-order valence-corrected chi connectivity index (χ4v) is 4.40. The van der Waals surface area contributed by atoms with Gasteiger partial charge >= 0.3 is 5.97 Å². The lowest BCUT2D eigenvalue weighted by molar-refractivity contribution is -0.140. The van der Waals surface area contributed by atoms with Gasteiger partial charge in [-0.25, -0.2) is 9.37 Å². The van der Waals surface area contributed by atoms with E-state index >= 15 is 0 Å². The second-order valence-electron chi connectivity index (χ2n) is 7.50. The van der Waals surface area contributed by atoms with Crippen LogP contribution in [0.25, 0.3) is 10.4 Å². The Kier molecular flexibility index (Phi) is 6.43. The molecule has 156 valence electrons. The highest BCUT2D eigenvalue weighted by Crippen LogP contribution is 2.45. The number of esters is 1. The Morgan fingerprint density at radius 3 is 2.73 bits per heavy atom. The Bertz CT molecular complexity index is 1010. The highest BCUT2D eigenvalue weighted by molar-refractivity contribution is 7.13. The molecule has 0 saturated heterocycles. The predicted octanol–water partition coefficient (Wildman–Crippen LogP) is 5.90. The van der Waals surface area contributed by atoms with Crippen LogP contribution in [0.5, 0.6) is 5.75 Å². The van der Waals surface area contributed by atoms with E-state index in [1.165, 1.54) is 26.0 Å². The lowest BCUT2D eigenvalue weighted by Gasteiger charge is -2.12. The van der Waals surface area contributed by atoms with Crippen molar-refractivity contribution in [2.24, 2.45) is 0 Å². The average Bonchev–Trinajstić information content (AvgIpc) is 3.50. The molecule has 0 bridgehead atoms. The predicted molar refractivity (Wildman–Crippen MR) is 115 cm³/mol. The van der Waals surface area contributed by atoms with E-state index in [0.717, 1.165) is 45.9 Å². The van der Waals surface area contributed by atoms with E-state index in [1.807, 2.05) is 35.8 Å². The number of hydrogen-bond donors (Lipinski definition) is 0. The number of nitrogens with zero attached hydrogens (tertiary/aromatic N) is 1. The summed E-state index contributed by atoms with van der Waals surface area (Å²) in [5.74, 6) is 0.813. The summed E-state index contributed by atoms with van der Waals surface area (Å²) < 4.78 is 24.6. The molecule has 1 aliphatic carbocycles. The highest BCUT2D eigenvalue weighted by atomic mass is 32.1. The van der Waals surface area contributed by atoms with Gasteiger partial charge in [0.2, 0.25) is 0 Å². The van der Waals surface area contributed by atoms with Gasteiger partial charge in [0.25, 0.3) is 0 Å². The first-order valence-electron chi connectivity index (χ1n) is 10.1. The smallest absolute Gasteiger partial charge is 0.305 e. The van der Waals surface area contributed by atoms with Crippen LogP contribution >= 0.6 is 11.3 Å². The standard InChI is InChI=1S/C24H24FNO3S/c1-28-22(27)4-2-3-16-5-10-20(11-6-16)29-14-18-13-19(25)9-12-21(18)24-23(17-7-8-17)26-15-30-24/h5-6,9-13,15,17H,2-4,7-8,14H2,1H3. The number of thiazole rings is 1. The Balaban J connectivity index is 1.42. The number of aromatic nitrogens is 1. The summed E-state index contributed by atoms with van der Waals surface area (Å²) >= 11 is 1.60. The van der Waals surface area contributed by atoms with Gasteiger partial charge in [-0.3, -0.25) is 4.79 Å². The first-order valence-corrected chi connectivity index (χ1v) is 11.0.